The van der Waals surface area contributed by atoms with Crippen molar-refractivity contribution in [3.63, 3.8) is 0 Å². The van der Waals surface area contributed by atoms with E-state index in [0.717, 1.165) is 46.4 Å². The van der Waals surface area contributed by atoms with Crippen LogP contribution in [0.5, 0.6) is 5.75 Å². The molecule has 1 aliphatic rings. The van der Waals surface area contributed by atoms with Crippen molar-refractivity contribution in [2.45, 2.75) is 38.1 Å². The number of allylic oxidation sites excluding steroid dienone is 1. The molecule has 0 saturated heterocycles. The Kier molecular flexibility index (Phi) is 6.79. The van der Waals surface area contributed by atoms with Gasteiger partial charge >= 0.3 is 0 Å². The lowest BCUT2D eigenvalue weighted by atomic mass is 9.95. The zero-order valence-corrected chi connectivity index (χ0v) is 18.5. The number of anilines is 3. The Bertz CT molecular complexity index is 1120. The summed E-state index contributed by atoms with van der Waals surface area (Å²) in [6.07, 6.45) is 12.8. The van der Waals surface area contributed by atoms with Crippen molar-refractivity contribution >= 4 is 40.1 Å². The summed E-state index contributed by atoms with van der Waals surface area (Å²) in [5.41, 5.74) is 3.17. The summed E-state index contributed by atoms with van der Waals surface area (Å²) in [5, 5.41) is 18.4. The number of aromatic nitrogens is 3. The van der Waals surface area contributed by atoms with Crippen LogP contribution in [0.1, 0.15) is 37.7 Å². The summed E-state index contributed by atoms with van der Waals surface area (Å²) in [6.45, 7) is 0. The maximum Gasteiger partial charge on any atom is 0.227 e. The standard InChI is InChI=1S/C24H29N7O/c1-26-14-18(13-25)16-8-9-20(21(12-16)32-2)30-24-28-15-17-10-11-27-23(22(17)31-24)29-19-6-4-3-5-7-19/h8-15,19,25-26H,3-7H2,1-2H3,(H,27,29)(H,28,30,31)/b18-14+,25-13?. The van der Waals surface area contributed by atoms with Gasteiger partial charge < -0.3 is 26.1 Å². The topological polar surface area (TPSA) is 108 Å². The van der Waals surface area contributed by atoms with Gasteiger partial charge in [-0.15, -0.1) is 0 Å². The van der Waals surface area contributed by atoms with Crippen LogP contribution < -0.4 is 20.7 Å². The van der Waals surface area contributed by atoms with Gasteiger partial charge in [-0.1, -0.05) is 25.3 Å². The molecule has 32 heavy (non-hydrogen) atoms. The predicted molar refractivity (Wildman–Crippen MR) is 130 cm³/mol. The third kappa shape index (κ3) is 4.80. The monoisotopic (exact) mass is 431 g/mol. The zero-order chi connectivity index (χ0) is 22.3. The molecule has 166 valence electrons. The first-order valence-corrected chi connectivity index (χ1v) is 10.9. The SMILES string of the molecule is CN/C=C(\C=N)c1ccc(Nc2ncc3ccnc(NC4CCCCC4)c3n2)c(OC)c1. The van der Waals surface area contributed by atoms with Gasteiger partial charge in [-0.05, 0) is 36.6 Å². The number of nitrogens with one attached hydrogen (secondary N) is 4. The number of hydrogen-bond acceptors (Lipinski definition) is 8. The molecule has 4 N–H and O–H groups in total. The fraction of sp³-hybridized carbons (Fsp3) is 0.333. The summed E-state index contributed by atoms with van der Waals surface area (Å²) in [4.78, 5) is 13.8. The van der Waals surface area contributed by atoms with Crippen LogP contribution in [-0.4, -0.2) is 41.4 Å². The molecule has 4 rings (SSSR count). The second-order valence-corrected chi connectivity index (χ2v) is 7.84. The normalized spacial score (nSPS) is 14.8. The Morgan fingerprint density at radius 3 is 2.75 bits per heavy atom. The Balaban J connectivity index is 1.62. The van der Waals surface area contributed by atoms with Gasteiger partial charge in [0, 0.05) is 48.9 Å². The van der Waals surface area contributed by atoms with Gasteiger partial charge in [0.15, 0.2) is 5.82 Å². The van der Waals surface area contributed by atoms with Crippen LogP contribution >= 0.6 is 0 Å². The van der Waals surface area contributed by atoms with E-state index in [2.05, 4.69) is 25.9 Å². The van der Waals surface area contributed by atoms with E-state index in [1.165, 1.54) is 25.5 Å². The van der Waals surface area contributed by atoms with E-state index in [4.69, 9.17) is 15.1 Å². The second kappa shape index (κ2) is 10.1. The number of benzene rings is 1. The first-order valence-electron chi connectivity index (χ1n) is 10.9. The van der Waals surface area contributed by atoms with Crippen molar-refractivity contribution in [2.75, 3.05) is 24.8 Å². The minimum atomic E-state index is 0.439. The molecule has 0 bridgehead atoms. The van der Waals surface area contributed by atoms with Crippen molar-refractivity contribution in [1.29, 1.82) is 5.41 Å². The fourth-order valence-corrected chi connectivity index (χ4v) is 4.02. The third-order valence-electron chi connectivity index (χ3n) is 5.68. The van der Waals surface area contributed by atoms with Crippen molar-refractivity contribution in [1.82, 2.24) is 20.3 Å². The molecule has 8 heteroatoms. The molecule has 1 aliphatic carbocycles. The van der Waals surface area contributed by atoms with Crippen LogP contribution in [0.3, 0.4) is 0 Å². The third-order valence-corrected chi connectivity index (χ3v) is 5.68. The maximum absolute atomic E-state index is 7.63. The summed E-state index contributed by atoms with van der Waals surface area (Å²) in [5.74, 6) is 1.91. The molecule has 8 nitrogen and oxygen atoms in total. The highest BCUT2D eigenvalue weighted by Gasteiger charge is 2.16. The lowest BCUT2D eigenvalue weighted by molar-refractivity contribution is 0.416. The van der Waals surface area contributed by atoms with Gasteiger partial charge in [0.1, 0.15) is 11.3 Å². The van der Waals surface area contributed by atoms with Crippen molar-refractivity contribution in [3.8, 4) is 5.75 Å². The van der Waals surface area contributed by atoms with Crippen LogP contribution in [-0.2, 0) is 0 Å². The van der Waals surface area contributed by atoms with Crippen LogP contribution in [0.25, 0.3) is 16.5 Å². The average molecular weight is 432 g/mol. The molecule has 0 radical (unpaired) electrons. The van der Waals surface area contributed by atoms with E-state index in [1.54, 1.807) is 26.6 Å². The molecule has 0 aliphatic heterocycles. The molecular weight excluding hydrogens is 402 g/mol. The summed E-state index contributed by atoms with van der Waals surface area (Å²) in [7, 11) is 3.42. The molecule has 0 atom stereocenters. The molecule has 0 spiro atoms. The van der Waals surface area contributed by atoms with E-state index in [-0.39, 0.29) is 0 Å². The molecule has 0 unspecified atom stereocenters. The van der Waals surface area contributed by atoms with Gasteiger partial charge in [0.2, 0.25) is 5.95 Å². The van der Waals surface area contributed by atoms with Crippen molar-refractivity contribution in [2.24, 2.45) is 0 Å². The lowest BCUT2D eigenvalue weighted by Gasteiger charge is -2.23. The number of fused-ring (bicyclic) bond motifs is 1. The van der Waals surface area contributed by atoms with Gasteiger partial charge in [-0.2, -0.15) is 0 Å². The zero-order valence-electron chi connectivity index (χ0n) is 18.5. The number of rotatable bonds is 8. The molecule has 0 amide bonds. The van der Waals surface area contributed by atoms with Gasteiger partial charge in [-0.25, -0.2) is 15.0 Å². The largest absolute Gasteiger partial charge is 0.495 e. The molecule has 2 aromatic heterocycles. The molecule has 1 aromatic carbocycles. The number of hydrogen-bond donors (Lipinski definition) is 4. The van der Waals surface area contributed by atoms with E-state index in [0.29, 0.717) is 17.7 Å². The summed E-state index contributed by atoms with van der Waals surface area (Å²) >= 11 is 0. The molecule has 1 fully saturated rings. The fourth-order valence-electron chi connectivity index (χ4n) is 4.02. The number of ether oxygens (including phenoxy) is 1. The predicted octanol–water partition coefficient (Wildman–Crippen LogP) is 4.73. The first-order chi connectivity index (χ1) is 15.7. The number of nitrogens with zero attached hydrogens (tertiary/aromatic N) is 3. The highest BCUT2D eigenvalue weighted by atomic mass is 16.5. The molecule has 3 aromatic rings. The van der Waals surface area contributed by atoms with Crippen molar-refractivity contribution < 1.29 is 4.74 Å². The molecular formula is C24H29N7O. The van der Waals surface area contributed by atoms with E-state index < -0.39 is 0 Å². The average Bonchev–Trinajstić information content (AvgIpc) is 2.84. The Morgan fingerprint density at radius 2 is 2.00 bits per heavy atom. The van der Waals surface area contributed by atoms with E-state index >= 15 is 0 Å². The van der Waals surface area contributed by atoms with Gasteiger partial charge in [0.05, 0.1) is 12.8 Å². The van der Waals surface area contributed by atoms with Crippen LogP contribution in [0, 0.1) is 5.41 Å². The molecule has 1 saturated carbocycles. The first kappa shape index (κ1) is 21.5. The van der Waals surface area contributed by atoms with E-state index in [1.807, 2.05) is 30.5 Å². The Labute approximate surface area is 188 Å². The van der Waals surface area contributed by atoms with Crippen LogP contribution in [0.2, 0.25) is 0 Å². The quantitative estimate of drug-likeness (QED) is 0.382. The maximum atomic E-state index is 7.63. The summed E-state index contributed by atoms with van der Waals surface area (Å²) in [6, 6.07) is 8.08. The highest BCUT2D eigenvalue weighted by molar-refractivity contribution is 6.08. The molecule has 2 heterocycles. The summed E-state index contributed by atoms with van der Waals surface area (Å²) < 4.78 is 5.58. The van der Waals surface area contributed by atoms with Crippen LogP contribution in [0.15, 0.2) is 42.9 Å². The van der Waals surface area contributed by atoms with E-state index in [9.17, 15) is 0 Å². The second-order valence-electron chi connectivity index (χ2n) is 7.84. The number of methoxy groups -OCH3 is 1. The lowest BCUT2D eigenvalue weighted by Crippen LogP contribution is -2.23. The minimum Gasteiger partial charge on any atom is -0.495 e. The highest BCUT2D eigenvalue weighted by Crippen LogP contribution is 2.31. The smallest absolute Gasteiger partial charge is 0.227 e. The Hall–Kier alpha value is -3.68. The minimum absolute atomic E-state index is 0.439. The van der Waals surface area contributed by atoms with Crippen LogP contribution in [0.4, 0.5) is 17.5 Å². The van der Waals surface area contributed by atoms with Gasteiger partial charge in [0.25, 0.3) is 0 Å². The number of pyridine rings is 1. The van der Waals surface area contributed by atoms with Gasteiger partial charge in [-0.3, -0.25) is 0 Å². The Morgan fingerprint density at radius 1 is 1.16 bits per heavy atom. The van der Waals surface area contributed by atoms with Crippen molar-refractivity contribution in [3.05, 3.63) is 48.4 Å².